The molecule has 6 nitrogen and oxygen atoms in total. The zero-order valence-corrected chi connectivity index (χ0v) is 15.7. The molecule has 1 aliphatic heterocycles. The average molecular weight is 347 g/mol. The topological polar surface area (TPSA) is 71.4 Å². The van der Waals surface area contributed by atoms with Gasteiger partial charge in [-0.1, -0.05) is 33.6 Å². The van der Waals surface area contributed by atoms with Crippen LogP contribution >= 0.6 is 0 Å². The molecular formula is C19H29N3O3. The lowest BCUT2D eigenvalue weighted by atomic mass is 9.92. The Morgan fingerprint density at radius 2 is 1.72 bits per heavy atom. The molecule has 0 atom stereocenters. The van der Waals surface area contributed by atoms with Crippen molar-refractivity contribution in [2.45, 2.75) is 52.9 Å². The van der Waals surface area contributed by atoms with E-state index >= 15 is 0 Å². The van der Waals surface area contributed by atoms with E-state index in [0.717, 1.165) is 38.8 Å². The van der Waals surface area contributed by atoms with Crippen LogP contribution in [0.3, 0.4) is 0 Å². The van der Waals surface area contributed by atoms with Gasteiger partial charge in [0.2, 0.25) is 5.91 Å². The van der Waals surface area contributed by atoms with E-state index in [1.807, 2.05) is 25.7 Å². The molecule has 1 saturated heterocycles. The summed E-state index contributed by atoms with van der Waals surface area (Å²) in [6.45, 7) is 7.37. The van der Waals surface area contributed by atoms with Gasteiger partial charge in [-0.05, 0) is 24.3 Å². The van der Waals surface area contributed by atoms with E-state index < -0.39 is 0 Å². The van der Waals surface area contributed by atoms with Crippen molar-refractivity contribution in [1.82, 2.24) is 9.47 Å². The SMILES string of the molecule is Cn1cc(C(=O)N2CCCCCC2)cc(NC(=O)CC(C)(C)C)c1=O. The van der Waals surface area contributed by atoms with E-state index in [1.54, 1.807) is 13.2 Å². The van der Waals surface area contributed by atoms with E-state index in [1.165, 1.54) is 10.6 Å². The number of carbonyl (C=O) groups is 2. The molecule has 0 aromatic carbocycles. The Morgan fingerprint density at radius 1 is 1.12 bits per heavy atom. The number of nitrogens with one attached hydrogen (secondary N) is 1. The second-order valence-electron chi connectivity index (χ2n) is 8.05. The molecule has 2 amide bonds. The first-order valence-electron chi connectivity index (χ1n) is 8.97. The van der Waals surface area contributed by atoms with Crippen molar-refractivity contribution in [2.75, 3.05) is 18.4 Å². The van der Waals surface area contributed by atoms with E-state index in [-0.39, 0.29) is 28.5 Å². The summed E-state index contributed by atoms with van der Waals surface area (Å²) in [6.07, 6.45) is 6.16. The van der Waals surface area contributed by atoms with E-state index in [0.29, 0.717) is 12.0 Å². The minimum Gasteiger partial charge on any atom is -0.339 e. The van der Waals surface area contributed by atoms with Gasteiger partial charge < -0.3 is 14.8 Å². The Bertz CT molecular complexity index is 693. The van der Waals surface area contributed by atoms with Crippen LogP contribution in [0, 0.1) is 5.41 Å². The van der Waals surface area contributed by atoms with Gasteiger partial charge in [-0.15, -0.1) is 0 Å². The largest absolute Gasteiger partial charge is 0.339 e. The number of anilines is 1. The summed E-state index contributed by atoms with van der Waals surface area (Å²) >= 11 is 0. The number of rotatable bonds is 3. The molecule has 6 heteroatoms. The maximum atomic E-state index is 12.8. The van der Waals surface area contributed by atoms with Gasteiger partial charge in [0.15, 0.2) is 0 Å². The van der Waals surface area contributed by atoms with Crippen LogP contribution in [0.5, 0.6) is 0 Å². The van der Waals surface area contributed by atoms with Crippen molar-refractivity contribution in [1.29, 1.82) is 0 Å². The third kappa shape index (κ3) is 5.44. The quantitative estimate of drug-likeness (QED) is 0.914. The molecule has 0 unspecified atom stereocenters. The minimum atomic E-state index is -0.310. The molecule has 25 heavy (non-hydrogen) atoms. The zero-order chi connectivity index (χ0) is 18.6. The third-order valence-electron chi connectivity index (χ3n) is 4.29. The molecule has 0 radical (unpaired) electrons. The molecule has 0 bridgehead atoms. The van der Waals surface area contributed by atoms with Crippen molar-refractivity contribution >= 4 is 17.5 Å². The zero-order valence-electron chi connectivity index (χ0n) is 15.7. The Hall–Kier alpha value is -2.11. The lowest BCUT2D eigenvalue weighted by Gasteiger charge is -2.21. The van der Waals surface area contributed by atoms with E-state index in [9.17, 15) is 14.4 Å². The van der Waals surface area contributed by atoms with Crippen LogP contribution in [-0.2, 0) is 11.8 Å². The Morgan fingerprint density at radius 3 is 2.28 bits per heavy atom. The molecule has 2 heterocycles. The summed E-state index contributed by atoms with van der Waals surface area (Å²) in [7, 11) is 1.60. The number of hydrogen-bond acceptors (Lipinski definition) is 3. The average Bonchev–Trinajstić information content (AvgIpc) is 2.78. The van der Waals surface area contributed by atoms with Crippen molar-refractivity contribution in [3.05, 3.63) is 28.2 Å². The molecule has 138 valence electrons. The molecule has 0 aliphatic carbocycles. The first-order chi connectivity index (χ1) is 11.7. The van der Waals surface area contributed by atoms with Gasteiger partial charge in [0.1, 0.15) is 5.69 Å². The predicted octanol–water partition coefficient (Wildman–Crippen LogP) is 2.78. The van der Waals surface area contributed by atoms with Gasteiger partial charge >= 0.3 is 0 Å². The third-order valence-corrected chi connectivity index (χ3v) is 4.29. The van der Waals surface area contributed by atoms with Crippen molar-refractivity contribution in [3.63, 3.8) is 0 Å². The Kier molecular flexibility index (Phi) is 6.03. The number of hydrogen-bond donors (Lipinski definition) is 1. The molecule has 0 saturated carbocycles. The molecule has 1 aromatic heterocycles. The first-order valence-corrected chi connectivity index (χ1v) is 8.97. The molecule has 1 aromatic rings. The summed E-state index contributed by atoms with van der Waals surface area (Å²) in [5, 5.41) is 2.68. The monoisotopic (exact) mass is 347 g/mol. The lowest BCUT2D eigenvalue weighted by molar-refractivity contribution is -0.117. The van der Waals surface area contributed by atoms with Crippen molar-refractivity contribution in [2.24, 2.45) is 12.5 Å². The van der Waals surface area contributed by atoms with Crippen LogP contribution in [0.25, 0.3) is 0 Å². The molecular weight excluding hydrogens is 318 g/mol. The van der Waals surface area contributed by atoms with Gasteiger partial charge in [0.05, 0.1) is 5.56 Å². The fourth-order valence-corrected chi connectivity index (χ4v) is 3.05. The molecule has 1 N–H and O–H groups in total. The summed E-state index contributed by atoms with van der Waals surface area (Å²) < 4.78 is 1.36. The second-order valence-corrected chi connectivity index (χ2v) is 8.05. The standard InChI is InChI=1S/C19H29N3O3/c1-19(2,3)12-16(23)20-15-11-14(13-21(4)18(15)25)17(24)22-9-7-5-6-8-10-22/h11,13H,5-10,12H2,1-4H3,(H,20,23). The van der Waals surface area contributed by atoms with Gasteiger partial charge in [-0.25, -0.2) is 0 Å². The number of amides is 2. The van der Waals surface area contributed by atoms with Crippen LogP contribution in [0.4, 0.5) is 5.69 Å². The highest BCUT2D eigenvalue weighted by Crippen LogP contribution is 2.19. The number of nitrogens with zero attached hydrogens (tertiary/aromatic N) is 2. The van der Waals surface area contributed by atoms with Crippen LogP contribution in [0.15, 0.2) is 17.1 Å². The second kappa shape index (κ2) is 7.85. The maximum Gasteiger partial charge on any atom is 0.274 e. The summed E-state index contributed by atoms with van der Waals surface area (Å²) in [4.78, 5) is 39.1. The number of likely N-dealkylation sites (tertiary alicyclic amines) is 1. The van der Waals surface area contributed by atoms with E-state index in [2.05, 4.69) is 5.32 Å². The molecule has 1 fully saturated rings. The van der Waals surface area contributed by atoms with Gasteiger partial charge in [0, 0.05) is 32.8 Å². The maximum absolute atomic E-state index is 12.8. The summed E-state index contributed by atoms with van der Waals surface area (Å²) in [5.41, 5.74) is 0.122. The van der Waals surface area contributed by atoms with Crippen molar-refractivity contribution in [3.8, 4) is 0 Å². The van der Waals surface area contributed by atoms with Gasteiger partial charge in [-0.2, -0.15) is 0 Å². The van der Waals surface area contributed by atoms with Crippen molar-refractivity contribution < 1.29 is 9.59 Å². The number of carbonyl (C=O) groups excluding carboxylic acids is 2. The van der Waals surface area contributed by atoms with Crippen LogP contribution < -0.4 is 10.9 Å². The molecule has 0 spiro atoms. The normalized spacial score (nSPS) is 15.6. The highest BCUT2D eigenvalue weighted by Gasteiger charge is 2.21. The van der Waals surface area contributed by atoms with Crippen LogP contribution in [0.1, 0.15) is 63.2 Å². The fraction of sp³-hybridized carbons (Fsp3) is 0.632. The Labute approximate surface area is 149 Å². The highest BCUT2D eigenvalue weighted by atomic mass is 16.2. The Balaban J connectivity index is 2.23. The lowest BCUT2D eigenvalue weighted by Crippen LogP contribution is -2.33. The first kappa shape index (κ1) is 19.2. The predicted molar refractivity (Wildman–Crippen MR) is 98.8 cm³/mol. The van der Waals surface area contributed by atoms with Crippen LogP contribution in [-0.4, -0.2) is 34.4 Å². The summed E-state index contributed by atoms with van der Waals surface area (Å²) in [5.74, 6) is -0.298. The van der Waals surface area contributed by atoms with Gasteiger partial charge in [0.25, 0.3) is 11.5 Å². The highest BCUT2D eigenvalue weighted by molar-refractivity contribution is 5.97. The minimum absolute atomic E-state index is 0.0798. The van der Waals surface area contributed by atoms with Crippen LogP contribution in [0.2, 0.25) is 0 Å². The number of aromatic nitrogens is 1. The number of aryl methyl sites for hydroxylation is 1. The molecule has 2 rings (SSSR count). The van der Waals surface area contributed by atoms with Gasteiger partial charge in [-0.3, -0.25) is 14.4 Å². The van der Waals surface area contributed by atoms with E-state index in [4.69, 9.17) is 0 Å². The number of pyridine rings is 1. The smallest absolute Gasteiger partial charge is 0.274 e. The fourth-order valence-electron chi connectivity index (χ4n) is 3.05. The summed E-state index contributed by atoms with van der Waals surface area (Å²) in [6, 6.07) is 1.51. The molecule has 1 aliphatic rings.